The normalized spacial score (nSPS) is 16.7. The molecular formula is C17H26N6O3S. The first-order chi connectivity index (χ1) is 13.0. The second-order valence-electron chi connectivity index (χ2n) is 6.64. The van der Waals surface area contributed by atoms with E-state index in [0.717, 1.165) is 31.7 Å². The van der Waals surface area contributed by atoms with Crippen LogP contribution < -0.4 is 10.5 Å². The van der Waals surface area contributed by atoms with Gasteiger partial charge >= 0.3 is 0 Å². The Morgan fingerprint density at radius 1 is 1.15 bits per heavy atom. The Balaban J connectivity index is 1.39. The van der Waals surface area contributed by atoms with Crippen molar-refractivity contribution in [3.05, 3.63) is 41.5 Å². The minimum atomic E-state index is -3.45. The number of nitrogens with one attached hydrogen (secondary N) is 1. The van der Waals surface area contributed by atoms with Gasteiger partial charge in [-0.1, -0.05) is 22.9 Å². The summed E-state index contributed by atoms with van der Waals surface area (Å²) in [5.41, 5.74) is 6.50. The summed E-state index contributed by atoms with van der Waals surface area (Å²) >= 11 is 0. The number of aromatic nitrogens is 2. The van der Waals surface area contributed by atoms with E-state index in [1.165, 1.54) is 0 Å². The standard InChI is InChI=1S/C17H26N6O3S/c1-14-2-4-15(5-3-14)27(24,25)19-6-7-22-8-10-23(11-9-22)13-16-20-17(12-18)26-21-16/h2-5,19H,6-13,18H2,1H3. The summed E-state index contributed by atoms with van der Waals surface area (Å²) in [4.78, 5) is 9.01. The molecule has 0 amide bonds. The maximum Gasteiger partial charge on any atom is 0.240 e. The molecule has 0 bridgehead atoms. The van der Waals surface area contributed by atoms with Crippen molar-refractivity contribution in [2.75, 3.05) is 39.3 Å². The highest BCUT2D eigenvalue weighted by molar-refractivity contribution is 7.89. The van der Waals surface area contributed by atoms with Crippen molar-refractivity contribution in [1.29, 1.82) is 0 Å². The van der Waals surface area contributed by atoms with E-state index in [1.807, 2.05) is 6.92 Å². The molecule has 10 heteroatoms. The van der Waals surface area contributed by atoms with Gasteiger partial charge in [0.25, 0.3) is 0 Å². The zero-order chi connectivity index (χ0) is 19.3. The molecule has 148 valence electrons. The van der Waals surface area contributed by atoms with E-state index in [0.29, 0.717) is 36.2 Å². The van der Waals surface area contributed by atoms with Crippen LogP contribution in [-0.2, 0) is 23.1 Å². The molecule has 0 saturated carbocycles. The lowest BCUT2D eigenvalue weighted by Gasteiger charge is -2.33. The van der Waals surface area contributed by atoms with Crippen LogP contribution in [0.5, 0.6) is 0 Å². The fraction of sp³-hybridized carbons (Fsp3) is 0.529. The number of benzene rings is 1. The van der Waals surface area contributed by atoms with Crippen LogP contribution in [0.15, 0.2) is 33.7 Å². The molecule has 27 heavy (non-hydrogen) atoms. The molecule has 1 aliphatic heterocycles. The number of sulfonamides is 1. The van der Waals surface area contributed by atoms with Crippen LogP contribution in [0, 0.1) is 6.92 Å². The van der Waals surface area contributed by atoms with E-state index >= 15 is 0 Å². The molecule has 1 saturated heterocycles. The molecule has 0 atom stereocenters. The fourth-order valence-corrected chi connectivity index (χ4v) is 3.97. The van der Waals surface area contributed by atoms with Crippen LogP contribution in [0.2, 0.25) is 0 Å². The average molecular weight is 395 g/mol. The highest BCUT2D eigenvalue weighted by Crippen LogP contribution is 2.10. The Labute approximate surface area is 159 Å². The van der Waals surface area contributed by atoms with Crippen LogP contribution in [-0.4, -0.2) is 67.6 Å². The van der Waals surface area contributed by atoms with Crippen molar-refractivity contribution in [3.63, 3.8) is 0 Å². The number of rotatable bonds is 8. The molecule has 3 N–H and O–H groups in total. The number of hydrogen-bond donors (Lipinski definition) is 2. The van der Waals surface area contributed by atoms with E-state index in [9.17, 15) is 8.42 Å². The molecule has 3 rings (SSSR count). The van der Waals surface area contributed by atoms with Gasteiger partial charge in [0.05, 0.1) is 18.0 Å². The van der Waals surface area contributed by atoms with E-state index in [2.05, 4.69) is 24.7 Å². The molecule has 9 nitrogen and oxygen atoms in total. The number of aryl methyl sites for hydroxylation is 1. The Bertz CT molecular complexity index is 829. The predicted molar refractivity (Wildman–Crippen MR) is 100 cm³/mol. The Kier molecular flexibility index (Phi) is 6.55. The third-order valence-corrected chi connectivity index (χ3v) is 6.04. The summed E-state index contributed by atoms with van der Waals surface area (Å²) in [7, 11) is -3.45. The topological polar surface area (TPSA) is 118 Å². The Morgan fingerprint density at radius 2 is 1.81 bits per heavy atom. The summed E-state index contributed by atoms with van der Waals surface area (Å²) in [6.45, 7) is 7.37. The summed E-state index contributed by atoms with van der Waals surface area (Å²) in [5.74, 6) is 1.10. The average Bonchev–Trinajstić information content (AvgIpc) is 3.11. The monoisotopic (exact) mass is 394 g/mol. The molecule has 2 aromatic rings. The zero-order valence-corrected chi connectivity index (χ0v) is 16.3. The van der Waals surface area contributed by atoms with Crippen LogP contribution in [0.1, 0.15) is 17.3 Å². The van der Waals surface area contributed by atoms with Crippen LogP contribution in [0.25, 0.3) is 0 Å². The van der Waals surface area contributed by atoms with Crippen LogP contribution in [0.3, 0.4) is 0 Å². The van der Waals surface area contributed by atoms with Gasteiger partial charge in [-0.3, -0.25) is 9.80 Å². The van der Waals surface area contributed by atoms with Gasteiger partial charge in [0.1, 0.15) is 0 Å². The van der Waals surface area contributed by atoms with Crippen molar-refractivity contribution in [2.24, 2.45) is 5.73 Å². The fourth-order valence-electron chi connectivity index (χ4n) is 2.95. The number of hydrogen-bond acceptors (Lipinski definition) is 8. The smallest absolute Gasteiger partial charge is 0.240 e. The maximum absolute atomic E-state index is 12.3. The molecule has 0 unspecified atom stereocenters. The summed E-state index contributed by atoms with van der Waals surface area (Å²) in [6.07, 6.45) is 0. The van der Waals surface area contributed by atoms with Gasteiger partial charge in [0, 0.05) is 39.3 Å². The van der Waals surface area contributed by atoms with Crippen molar-refractivity contribution >= 4 is 10.0 Å². The minimum absolute atomic E-state index is 0.249. The number of nitrogens with two attached hydrogens (primary N) is 1. The minimum Gasteiger partial charge on any atom is -0.338 e. The Hall–Kier alpha value is -1.85. The summed E-state index contributed by atoms with van der Waals surface area (Å²) < 4.78 is 32.3. The molecule has 1 aromatic carbocycles. The second kappa shape index (κ2) is 8.89. The van der Waals surface area contributed by atoms with Crippen LogP contribution in [0.4, 0.5) is 0 Å². The Morgan fingerprint density at radius 3 is 2.44 bits per heavy atom. The van der Waals surface area contributed by atoms with Crippen molar-refractivity contribution in [1.82, 2.24) is 24.7 Å². The van der Waals surface area contributed by atoms with Crippen LogP contribution >= 0.6 is 0 Å². The van der Waals surface area contributed by atoms with Gasteiger partial charge < -0.3 is 10.3 Å². The number of nitrogens with zero attached hydrogens (tertiary/aromatic N) is 4. The molecule has 1 fully saturated rings. The van der Waals surface area contributed by atoms with Gasteiger partial charge in [0.15, 0.2) is 5.82 Å². The van der Waals surface area contributed by atoms with Gasteiger partial charge in [-0.2, -0.15) is 4.98 Å². The first kappa shape index (κ1) is 19.9. The molecule has 1 aromatic heterocycles. The summed E-state index contributed by atoms with van der Waals surface area (Å²) in [6, 6.07) is 6.86. The predicted octanol–water partition coefficient (Wildman–Crippen LogP) is -0.0672. The largest absolute Gasteiger partial charge is 0.338 e. The highest BCUT2D eigenvalue weighted by atomic mass is 32.2. The molecule has 2 heterocycles. The summed E-state index contributed by atoms with van der Waals surface area (Å²) in [5, 5.41) is 3.91. The second-order valence-corrected chi connectivity index (χ2v) is 8.40. The van der Waals surface area contributed by atoms with Gasteiger partial charge in [-0.25, -0.2) is 13.1 Å². The lowest BCUT2D eigenvalue weighted by molar-refractivity contribution is 0.126. The van der Waals surface area contributed by atoms with E-state index in [4.69, 9.17) is 10.3 Å². The zero-order valence-electron chi connectivity index (χ0n) is 15.5. The molecule has 0 aliphatic carbocycles. The van der Waals surface area contributed by atoms with E-state index in [-0.39, 0.29) is 6.54 Å². The van der Waals surface area contributed by atoms with Crippen molar-refractivity contribution < 1.29 is 12.9 Å². The molecule has 1 aliphatic rings. The first-order valence-electron chi connectivity index (χ1n) is 8.99. The number of piperazine rings is 1. The lowest BCUT2D eigenvalue weighted by Crippen LogP contribution is -2.48. The third-order valence-electron chi connectivity index (χ3n) is 4.57. The highest BCUT2D eigenvalue weighted by Gasteiger charge is 2.19. The van der Waals surface area contributed by atoms with E-state index in [1.54, 1.807) is 24.3 Å². The molecule has 0 radical (unpaired) electrons. The molecule has 0 spiro atoms. The van der Waals surface area contributed by atoms with E-state index < -0.39 is 10.0 Å². The lowest BCUT2D eigenvalue weighted by atomic mass is 10.2. The maximum atomic E-state index is 12.3. The molecular weight excluding hydrogens is 368 g/mol. The SMILES string of the molecule is Cc1ccc(S(=O)(=O)NCCN2CCN(Cc3noc(CN)n3)CC2)cc1. The van der Waals surface area contributed by atoms with Crippen molar-refractivity contribution in [2.45, 2.75) is 24.9 Å². The van der Waals surface area contributed by atoms with Gasteiger partial charge in [-0.05, 0) is 19.1 Å². The van der Waals surface area contributed by atoms with Gasteiger partial charge in [-0.15, -0.1) is 0 Å². The first-order valence-corrected chi connectivity index (χ1v) is 10.5. The third kappa shape index (κ3) is 5.56. The van der Waals surface area contributed by atoms with Gasteiger partial charge in [0.2, 0.25) is 15.9 Å². The quantitative estimate of drug-likeness (QED) is 0.639. The van der Waals surface area contributed by atoms with Crippen molar-refractivity contribution in [3.8, 4) is 0 Å².